The van der Waals surface area contributed by atoms with Gasteiger partial charge in [0.15, 0.2) is 0 Å². The van der Waals surface area contributed by atoms with Gasteiger partial charge in [-0.3, -0.25) is 0 Å². The molecule has 0 aromatic heterocycles. The van der Waals surface area contributed by atoms with Crippen LogP contribution in [0.4, 0.5) is 0 Å². The molecule has 2 fully saturated rings. The van der Waals surface area contributed by atoms with E-state index in [9.17, 15) is 0 Å². The topological polar surface area (TPSA) is 0 Å². The molecular weight excluding hydrogens is 516 g/mol. The van der Waals surface area contributed by atoms with E-state index in [2.05, 4.69) is 82.2 Å². The summed E-state index contributed by atoms with van der Waals surface area (Å²) in [7, 11) is 0. The monoisotopic (exact) mass is 599 g/mol. The molecule has 0 aromatic rings. The molecule has 0 bridgehead atoms. The molecular formula is C43H82. The van der Waals surface area contributed by atoms with Crippen LogP contribution in [0.15, 0.2) is 11.6 Å². The lowest BCUT2D eigenvalue weighted by Gasteiger charge is -2.32. The second kappa shape index (κ2) is 20.1. The third-order valence-corrected chi connectivity index (χ3v) is 12.8. The van der Waals surface area contributed by atoms with Gasteiger partial charge in [0, 0.05) is 0 Å². The van der Waals surface area contributed by atoms with Crippen LogP contribution < -0.4 is 0 Å². The van der Waals surface area contributed by atoms with Crippen molar-refractivity contribution >= 4 is 0 Å². The molecule has 0 spiro atoms. The number of rotatable bonds is 24. The van der Waals surface area contributed by atoms with E-state index in [1.807, 2.05) is 0 Å². The quantitative estimate of drug-likeness (QED) is 0.0765. The molecule has 2 saturated carbocycles. The van der Waals surface area contributed by atoms with Crippen LogP contribution in [0.3, 0.4) is 0 Å². The maximum Gasteiger partial charge on any atom is -0.0170 e. The molecule has 0 aliphatic heterocycles. The van der Waals surface area contributed by atoms with E-state index in [0.29, 0.717) is 5.41 Å². The SMILES string of the molecule is CCCCC(CCC)C(CCCCCC1CC1C)CCC(=CC(C)(C)CC(C)CCC(C)C1C(C)CC(C)C1CC)CC. The first-order chi connectivity index (χ1) is 20.5. The first-order valence-corrected chi connectivity index (χ1v) is 20.2. The highest BCUT2D eigenvalue weighted by Gasteiger charge is 2.40. The molecule has 2 rings (SSSR count). The fourth-order valence-electron chi connectivity index (χ4n) is 10.3. The van der Waals surface area contributed by atoms with Crippen molar-refractivity contribution in [2.75, 3.05) is 0 Å². The summed E-state index contributed by atoms with van der Waals surface area (Å²) in [5.41, 5.74) is 2.07. The first kappa shape index (κ1) is 38.9. The minimum absolute atomic E-state index is 0.315. The smallest absolute Gasteiger partial charge is 0.0170 e. The van der Waals surface area contributed by atoms with Gasteiger partial charge in [-0.05, 0) is 103 Å². The van der Waals surface area contributed by atoms with E-state index < -0.39 is 0 Å². The van der Waals surface area contributed by atoms with Crippen LogP contribution in [0.2, 0.25) is 0 Å². The molecule has 0 N–H and O–H groups in total. The Balaban J connectivity index is 1.91. The van der Waals surface area contributed by atoms with E-state index >= 15 is 0 Å². The van der Waals surface area contributed by atoms with Gasteiger partial charge in [-0.2, -0.15) is 0 Å². The normalized spacial score (nSPS) is 29.0. The highest BCUT2D eigenvalue weighted by atomic mass is 14.5. The van der Waals surface area contributed by atoms with Crippen molar-refractivity contribution in [1.29, 1.82) is 0 Å². The van der Waals surface area contributed by atoms with Crippen LogP contribution in [0.25, 0.3) is 0 Å². The van der Waals surface area contributed by atoms with Gasteiger partial charge in [0.2, 0.25) is 0 Å². The average Bonchev–Trinajstić information content (AvgIpc) is 3.58. The lowest BCUT2D eigenvalue weighted by molar-refractivity contribution is 0.185. The summed E-state index contributed by atoms with van der Waals surface area (Å²) >= 11 is 0. The van der Waals surface area contributed by atoms with Crippen molar-refractivity contribution in [1.82, 2.24) is 0 Å². The molecule has 10 atom stereocenters. The summed E-state index contributed by atoms with van der Waals surface area (Å²) in [5, 5.41) is 0. The van der Waals surface area contributed by atoms with Crippen molar-refractivity contribution in [2.45, 2.75) is 198 Å². The zero-order chi connectivity index (χ0) is 32.0. The fourth-order valence-corrected chi connectivity index (χ4v) is 10.3. The van der Waals surface area contributed by atoms with Gasteiger partial charge in [0.05, 0.1) is 0 Å². The number of allylic oxidation sites excluding steroid dienone is 2. The summed E-state index contributed by atoms with van der Waals surface area (Å²) in [4.78, 5) is 0. The summed E-state index contributed by atoms with van der Waals surface area (Å²) in [6.07, 6.45) is 29.8. The van der Waals surface area contributed by atoms with Crippen LogP contribution in [-0.2, 0) is 0 Å². The molecule has 10 unspecified atom stereocenters. The number of unbranched alkanes of at least 4 members (excludes halogenated alkanes) is 3. The molecule has 0 radical (unpaired) electrons. The predicted molar refractivity (Wildman–Crippen MR) is 196 cm³/mol. The van der Waals surface area contributed by atoms with Crippen LogP contribution in [0.1, 0.15) is 198 Å². The van der Waals surface area contributed by atoms with Gasteiger partial charge in [-0.1, -0.05) is 171 Å². The summed E-state index contributed by atoms with van der Waals surface area (Å²) in [5.74, 6) is 9.48. The summed E-state index contributed by atoms with van der Waals surface area (Å²) in [6, 6.07) is 0. The van der Waals surface area contributed by atoms with Crippen LogP contribution in [-0.4, -0.2) is 0 Å². The van der Waals surface area contributed by atoms with Gasteiger partial charge < -0.3 is 0 Å². The Kier molecular flexibility index (Phi) is 18.2. The minimum Gasteiger partial charge on any atom is -0.0797 e. The zero-order valence-corrected chi connectivity index (χ0v) is 31.8. The Morgan fingerprint density at radius 3 is 2.00 bits per heavy atom. The van der Waals surface area contributed by atoms with Crippen molar-refractivity contribution in [3.8, 4) is 0 Å². The van der Waals surface area contributed by atoms with Crippen molar-refractivity contribution in [2.24, 2.45) is 64.6 Å². The molecule has 0 nitrogen and oxygen atoms in total. The standard InChI is InChI=1S/C43H82/c1-12-16-21-38(20-13-2)39(22-18-17-19-23-40-29-34(40)7)27-26-37(14-3)31-43(10,11)30-32(5)24-25-33(6)42-36(9)28-35(8)41(42)15-4/h31-36,38-42H,12-30H2,1-11H3. The maximum absolute atomic E-state index is 2.75. The van der Waals surface area contributed by atoms with Crippen molar-refractivity contribution in [3.05, 3.63) is 11.6 Å². The van der Waals surface area contributed by atoms with E-state index in [1.165, 1.54) is 122 Å². The third kappa shape index (κ3) is 14.0. The number of hydrogen-bond donors (Lipinski definition) is 0. The van der Waals surface area contributed by atoms with Crippen LogP contribution >= 0.6 is 0 Å². The summed E-state index contributed by atoms with van der Waals surface area (Å²) in [6.45, 7) is 27.4. The Hall–Kier alpha value is -0.260. The van der Waals surface area contributed by atoms with Gasteiger partial charge in [-0.15, -0.1) is 0 Å². The first-order valence-electron chi connectivity index (χ1n) is 20.2. The van der Waals surface area contributed by atoms with Crippen LogP contribution in [0.5, 0.6) is 0 Å². The second-order valence-corrected chi connectivity index (χ2v) is 17.4. The van der Waals surface area contributed by atoms with Crippen molar-refractivity contribution < 1.29 is 0 Å². The summed E-state index contributed by atoms with van der Waals surface area (Å²) < 4.78 is 0. The van der Waals surface area contributed by atoms with Gasteiger partial charge in [0.1, 0.15) is 0 Å². The Bertz CT molecular complexity index is 743. The molecule has 0 amide bonds. The molecule has 43 heavy (non-hydrogen) atoms. The largest absolute Gasteiger partial charge is 0.0797 e. The molecule has 0 aromatic carbocycles. The van der Waals surface area contributed by atoms with Crippen LogP contribution in [0, 0.1) is 64.6 Å². The zero-order valence-electron chi connectivity index (χ0n) is 31.8. The van der Waals surface area contributed by atoms with Gasteiger partial charge in [-0.25, -0.2) is 0 Å². The molecule has 2 aliphatic rings. The Morgan fingerprint density at radius 2 is 1.40 bits per heavy atom. The van der Waals surface area contributed by atoms with Crippen molar-refractivity contribution in [3.63, 3.8) is 0 Å². The molecule has 254 valence electrons. The molecule has 0 heterocycles. The predicted octanol–water partition coefficient (Wildman–Crippen LogP) is 14.7. The van der Waals surface area contributed by atoms with E-state index in [-0.39, 0.29) is 0 Å². The second-order valence-electron chi connectivity index (χ2n) is 17.4. The fraction of sp³-hybridized carbons (Fsp3) is 0.953. The Morgan fingerprint density at radius 1 is 0.721 bits per heavy atom. The van der Waals surface area contributed by atoms with E-state index in [4.69, 9.17) is 0 Å². The molecule has 2 aliphatic carbocycles. The maximum atomic E-state index is 2.75. The van der Waals surface area contributed by atoms with Gasteiger partial charge >= 0.3 is 0 Å². The Labute approximate surface area is 273 Å². The average molecular weight is 599 g/mol. The lowest BCUT2D eigenvalue weighted by atomic mass is 9.74. The third-order valence-electron chi connectivity index (χ3n) is 12.8. The minimum atomic E-state index is 0.315. The van der Waals surface area contributed by atoms with E-state index in [0.717, 1.165) is 59.2 Å². The molecule has 0 saturated heterocycles. The van der Waals surface area contributed by atoms with E-state index in [1.54, 1.807) is 5.57 Å². The number of hydrogen-bond acceptors (Lipinski definition) is 0. The lowest BCUT2D eigenvalue weighted by Crippen LogP contribution is -2.23. The van der Waals surface area contributed by atoms with Gasteiger partial charge in [0.25, 0.3) is 0 Å². The highest BCUT2D eigenvalue weighted by Crippen LogP contribution is 2.48. The molecule has 0 heteroatoms. The highest BCUT2D eigenvalue weighted by molar-refractivity contribution is 5.08.